The second-order valence-corrected chi connectivity index (χ2v) is 11.7. The lowest BCUT2D eigenvalue weighted by Gasteiger charge is -2.30. The molecule has 43 heavy (non-hydrogen) atoms. The van der Waals surface area contributed by atoms with Gasteiger partial charge in [-0.3, -0.25) is 9.59 Å². The summed E-state index contributed by atoms with van der Waals surface area (Å²) in [7, 11) is 0.954. The van der Waals surface area contributed by atoms with E-state index in [-0.39, 0.29) is 18.2 Å². The van der Waals surface area contributed by atoms with Crippen LogP contribution in [0.5, 0.6) is 0 Å². The van der Waals surface area contributed by atoms with Gasteiger partial charge in [0.1, 0.15) is 6.61 Å². The minimum Gasteiger partial charge on any atom is -0.468 e. The highest BCUT2D eigenvalue weighted by atomic mass is 19.4. The number of hydrogen-bond acceptors (Lipinski definition) is 7. The Morgan fingerprint density at radius 1 is 1.12 bits per heavy atom. The van der Waals surface area contributed by atoms with Gasteiger partial charge in [0.25, 0.3) is 0 Å². The molecule has 1 aromatic carbocycles. The summed E-state index contributed by atoms with van der Waals surface area (Å²) in [5.74, 6) is -3.55. The Labute approximate surface area is 245 Å². The molecular formula is C30H32F3N5O5. The largest absolute Gasteiger partial charge is 0.468 e. The Hall–Kier alpha value is -4.16. The molecule has 1 aliphatic heterocycles. The number of rotatable bonds is 10. The number of esters is 1. The van der Waals surface area contributed by atoms with Gasteiger partial charge in [0.05, 0.1) is 36.7 Å². The molecule has 0 radical (unpaired) electrons. The molecule has 3 heterocycles. The van der Waals surface area contributed by atoms with E-state index in [9.17, 15) is 27.6 Å². The molecule has 1 saturated heterocycles. The highest BCUT2D eigenvalue weighted by Crippen LogP contribution is 2.54. The highest BCUT2D eigenvalue weighted by molar-refractivity contribution is 6.05. The Morgan fingerprint density at radius 2 is 1.81 bits per heavy atom. The van der Waals surface area contributed by atoms with Crippen molar-refractivity contribution in [3.8, 4) is 0 Å². The number of methoxy groups -OCH3 is 1. The van der Waals surface area contributed by atoms with Crippen LogP contribution in [-0.2, 0) is 32.1 Å². The van der Waals surface area contributed by atoms with E-state index in [1.807, 2.05) is 30.3 Å². The van der Waals surface area contributed by atoms with Crippen LogP contribution >= 0.6 is 0 Å². The average molecular weight is 600 g/mol. The summed E-state index contributed by atoms with van der Waals surface area (Å²) >= 11 is 0. The zero-order valence-corrected chi connectivity index (χ0v) is 23.5. The fraction of sp³-hybridized carbons (Fsp3) is 0.500. The molecule has 0 spiro atoms. The summed E-state index contributed by atoms with van der Waals surface area (Å²) in [5, 5.41) is 9.66. The Kier molecular flexibility index (Phi) is 7.51. The van der Waals surface area contributed by atoms with Gasteiger partial charge in [-0.05, 0) is 61.1 Å². The molecule has 2 aliphatic carbocycles. The lowest BCUT2D eigenvalue weighted by molar-refractivity contribution is -0.206. The van der Waals surface area contributed by atoms with Gasteiger partial charge in [-0.2, -0.15) is 18.3 Å². The zero-order chi connectivity index (χ0) is 30.4. The van der Waals surface area contributed by atoms with E-state index in [2.05, 4.69) is 15.7 Å². The van der Waals surface area contributed by atoms with Crippen molar-refractivity contribution in [1.82, 2.24) is 25.2 Å². The molecular weight excluding hydrogens is 567 g/mol. The van der Waals surface area contributed by atoms with Crippen molar-refractivity contribution in [3.63, 3.8) is 0 Å². The number of aromatic nitrogens is 3. The third-order valence-corrected chi connectivity index (χ3v) is 8.79. The molecule has 10 nitrogen and oxygen atoms in total. The second kappa shape index (κ2) is 11.2. The van der Waals surface area contributed by atoms with Crippen LogP contribution in [0.25, 0.3) is 5.65 Å². The van der Waals surface area contributed by atoms with Crippen LogP contribution in [0.1, 0.15) is 48.7 Å². The standard InChI is InChI=1S/C30H32F3N5O5/c1-42-27(40)29(22(30(31,32)33)14-34-26(29)39)13-20-11-12-23-35-21(15-38(23)37-20)25(24(18-7-8-18)19-9-10-19)36-28(41)43-16-17-5-3-2-4-6-17/h2-6,11-12,15,18-19,22,24-25H,7-10,13-14,16H2,1H3,(H,34,39)(H,36,41). The summed E-state index contributed by atoms with van der Waals surface area (Å²) in [6.07, 6.45) is -0.124. The first kappa shape index (κ1) is 28.9. The van der Waals surface area contributed by atoms with E-state index in [1.54, 1.807) is 12.3 Å². The summed E-state index contributed by atoms with van der Waals surface area (Å²) in [4.78, 5) is 43.2. The van der Waals surface area contributed by atoms with Crippen LogP contribution in [0.15, 0.2) is 48.7 Å². The number of ether oxygens (including phenoxy) is 2. The van der Waals surface area contributed by atoms with Crippen molar-refractivity contribution in [2.24, 2.45) is 29.1 Å². The van der Waals surface area contributed by atoms with Crippen molar-refractivity contribution in [2.45, 2.75) is 50.9 Å². The van der Waals surface area contributed by atoms with Crippen LogP contribution in [0.4, 0.5) is 18.0 Å². The van der Waals surface area contributed by atoms with Gasteiger partial charge >= 0.3 is 18.2 Å². The zero-order valence-electron chi connectivity index (χ0n) is 23.5. The number of alkyl halides is 3. The molecule has 2 amide bonds. The van der Waals surface area contributed by atoms with E-state index >= 15 is 0 Å². The lowest BCUT2D eigenvalue weighted by atomic mass is 9.73. The fourth-order valence-corrected chi connectivity index (χ4v) is 6.39. The van der Waals surface area contributed by atoms with E-state index in [0.29, 0.717) is 23.2 Å². The molecule has 228 valence electrons. The van der Waals surface area contributed by atoms with E-state index in [4.69, 9.17) is 14.5 Å². The van der Waals surface area contributed by atoms with Gasteiger partial charge < -0.3 is 20.1 Å². The number of fused-ring (bicyclic) bond motifs is 1. The van der Waals surface area contributed by atoms with Crippen molar-refractivity contribution in [2.75, 3.05) is 13.7 Å². The number of amides is 2. The molecule has 0 bridgehead atoms. The molecule has 3 fully saturated rings. The van der Waals surface area contributed by atoms with Gasteiger partial charge in [0, 0.05) is 13.0 Å². The monoisotopic (exact) mass is 599 g/mol. The molecule has 2 aromatic heterocycles. The molecule has 3 unspecified atom stereocenters. The SMILES string of the molecule is COC(=O)C1(Cc2ccc3nc(C(NC(=O)OCc4ccccc4)C(C4CC4)C4CC4)cn3n2)C(=O)NCC1C(F)(F)F. The van der Waals surface area contributed by atoms with Crippen LogP contribution in [-0.4, -0.2) is 52.4 Å². The predicted octanol–water partition coefficient (Wildman–Crippen LogP) is 4.14. The van der Waals surface area contributed by atoms with Crippen LogP contribution in [0.2, 0.25) is 0 Å². The minimum atomic E-state index is -4.83. The number of nitrogens with one attached hydrogen (secondary N) is 2. The average Bonchev–Trinajstić information content (AvgIpc) is 3.92. The first-order valence-electron chi connectivity index (χ1n) is 14.4. The molecule has 3 atom stereocenters. The first-order valence-corrected chi connectivity index (χ1v) is 14.4. The van der Waals surface area contributed by atoms with Crippen LogP contribution in [0.3, 0.4) is 0 Å². The normalized spacial score (nSPS) is 22.8. The fourth-order valence-electron chi connectivity index (χ4n) is 6.39. The summed E-state index contributed by atoms with van der Waals surface area (Å²) in [6.45, 7) is -0.617. The molecule has 3 aliphatic rings. The van der Waals surface area contributed by atoms with Crippen molar-refractivity contribution < 1.29 is 37.0 Å². The Bertz CT molecular complexity index is 1510. The van der Waals surface area contributed by atoms with Gasteiger partial charge in [-0.1, -0.05) is 30.3 Å². The number of hydrogen-bond donors (Lipinski definition) is 2. The van der Waals surface area contributed by atoms with Crippen molar-refractivity contribution in [3.05, 3.63) is 65.6 Å². The maximum absolute atomic E-state index is 14.0. The van der Waals surface area contributed by atoms with Gasteiger partial charge in [-0.25, -0.2) is 14.3 Å². The molecule has 2 N–H and O–H groups in total. The number of nitrogens with zero attached hydrogens (tertiary/aromatic N) is 3. The summed E-state index contributed by atoms with van der Waals surface area (Å²) in [6, 6.07) is 11.9. The van der Waals surface area contributed by atoms with Crippen molar-refractivity contribution >= 4 is 23.6 Å². The number of alkyl carbamates (subject to hydrolysis) is 1. The van der Waals surface area contributed by atoms with Gasteiger partial charge in [0.2, 0.25) is 5.91 Å². The smallest absolute Gasteiger partial charge is 0.408 e. The number of imidazole rings is 1. The van der Waals surface area contributed by atoms with Gasteiger partial charge in [0.15, 0.2) is 11.1 Å². The first-order chi connectivity index (χ1) is 20.6. The number of benzene rings is 1. The highest BCUT2D eigenvalue weighted by Gasteiger charge is 2.66. The maximum Gasteiger partial charge on any atom is 0.408 e. The summed E-state index contributed by atoms with van der Waals surface area (Å²) in [5.41, 5.74) is -0.607. The van der Waals surface area contributed by atoms with Crippen LogP contribution in [0, 0.1) is 29.1 Å². The Balaban J connectivity index is 1.28. The quantitative estimate of drug-likeness (QED) is 0.265. The van der Waals surface area contributed by atoms with Gasteiger partial charge in [-0.15, -0.1) is 0 Å². The third kappa shape index (κ3) is 5.76. The molecule has 2 saturated carbocycles. The van der Waals surface area contributed by atoms with E-state index in [0.717, 1.165) is 38.4 Å². The molecule has 6 rings (SSSR count). The summed E-state index contributed by atoms with van der Waals surface area (Å²) < 4.78 is 53.5. The number of carbonyl (C=O) groups excluding carboxylic acids is 3. The Morgan fingerprint density at radius 3 is 2.44 bits per heavy atom. The number of halogens is 3. The third-order valence-electron chi connectivity index (χ3n) is 8.79. The minimum absolute atomic E-state index is 0.0841. The topological polar surface area (TPSA) is 124 Å². The molecule has 13 heteroatoms. The number of carbonyl (C=O) groups is 3. The van der Waals surface area contributed by atoms with Crippen molar-refractivity contribution in [1.29, 1.82) is 0 Å². The predicted molar refractivity (Wildman–Crippen MR) is 145 cm³/mol. The van der Waals surface area contributed by atoms with E-state index in [1.165, 1.54) is 10.6 Å². The van der Waals surface area contributed by atoms with E-state index < -0.39 is 54.5 Å². The second-order valence-electron chi connectivity index (χ2n) is 11.7. The molecule has 3 aromatic rings. The maximum atomic E-state index is 14.0. The lowest BCUT2D eigenvalue weighted by Crippen LogP contribution is -2.50. The van der Waals surface area contributed by atoms with Crippen LogP contribution < -0.4 is 10.6 Å².